The maximum atomic E-state index is 13.5. The van der Waals surface area contributed by atoms with E-state index >= 15 is 0 Å². The minimum absolute atomic E-state index is 0.000500. The maximum absolute atomic E-state index is 13.5. The summed E-state index contributed by atoms with van der Waals surface area (Å²) in [6.45, 7) is 17.4. The molecule has 0 radical (unpaired) electrons. The molecular weight excluding hydrogens is 476 g/mol. The molecule has 0 aliphatic heterocycles. The standard InChI is InChI=1S/C33H48O5/c1-20(34)38-23-19-30(6)24(29(4,5)26(23)35)12-13-32(8)25(30)11-10-21-22-18-28(2,3)14-16-33(22,27(36)37-9)17-15-31(21,32)7/h10,19,22,24-25H,11-18H2,1-9H3/t22-,24-,25+,30-,31+,32+,33-/m0/s1. The van der Waals surface area contributed by atoms with Gasteiger partial charge in [-0.15, -0.1) is 0 Å². The van der Waals surface area contributed by atoms with Gasteiger partial charge >= 0.3 is 11.9 Å². The third-order valence-corrected chi connectivity index (χ3v) is 12.8. The number of hydrogen-bond acceptors (Lipinski definition) is 5. The van der Waals surface area contributed by atoms with Crippen LogP contribution >= 0.6 is 0 Å². The predicted molar refractivity (Wildman–Crippen MR) is 147 cm³/mol. The van der Waals surface area contributed by atoms with Gasteiger partial charge in [0, 0.05) is 12.3 Å². The van der Waals surface area contributed by atoms with Crippen LogP contribution in [-0.2, 0) is 23.9 Å². The molecule has 0 bridgehead atoms. The van der Waals surface area contributed by atoms with Gasteiger partial charge in [0.2, 0.25) is 5.78 Å². The second kappa shape index (κ2) is 8.30. The highest BCUT2D eigenvalue weighted by Gasteiger charge is 2.69. The van der Waals surface area contributed by atoms with Crippen LogP contribution in [0.2, 0.25) is 0 Å². The van der Waals surface area contributed by atoms with Gasteiger partial charge in [-0.3, -0.25) is 14.4 Å². The van der Waals surface area contributed by atoms with E-state index in [4.69, 9.17) is 9.47 Å². The van der Waals surface area contributed by atoms with Crippen molar-refractivity contribution in [2.45, 2.75) is 107 Å². The normalized spacial score (nSPS) is 44.8. The van der Waals surface area contributed by atoms with Gasteiger partial charge in [0.1, 0.15) is 0 Å². The molecule has 0 aromatic rings. The highest BCUT2D eigenvalue weighted by atomic mass is 16.5. The quantitative estimate of drug-likeness (QED) is 0.282. The fraction of sp³-hybridized carbons (Fsp3) is 0.788. The summed E-state index contributed by atoms with van der Waals surface area (Å²) in [5.74, 6) is 0.412. The van der Waals surface area contributed by atoms with Crippen molar-refractivity contribution in [3.05, 3.63) is 23.5 Å². The molecule has 5 nitrogen and oxygen atoms in total. The van der Waals surface area contributed by atoms with Crippen molar-refractivity contribution >= 4 is 17.7 Å². The van der Waals surface area contributed by atoms with Gasteiger partial charge in [0.25, 0.3) is 0 Å². The average molecular weight is 525 g/mol. The number of carbonyl (C=O) groups is 3. The first-order valence-corrected chi connectivity index (χ1v) is 14.7. The summed E-state index contributed by atoms with van der Waals surface area (Å²) in [6.07, 6.45) is 12.3. The Kier molecular flexibility index (Phi) is 6.04. The van der Waals surface area contributed by atoms with E-state index in [0.717, 1.165) is 51.4 Å². The van der Waals surface area contributed by atoms with Gasteiger partial charge < -0.3 is 9.47 Å². The number of Topliss-reactive ketones (excluding diaryl/α,β-unsaturated/α-hetero) is 1. The molecule has 5 heteroatoms. The van der Waals surface area contributed by atoms with E-state index < -0.39 is 16.8 Å². The fourth-order valence-electron chi connectivity index (χ4n) is 10.5. The Bertz CT molecular complexity index is 1140. The summed E-state index contributed by atoms with van der Waals surface area (Å²) in [7, 11) is 1.55. The lowest BCUT2D eigenvalue weighted by atomic mass is 9.34. The van der Waals surface area contributed by atoms with Gasteiger partial charge in [-0.25, -0.2) is 0 Å². The van der Waals surface area contributed by atoms with Gasteiger partial charge in [0.15, 0.2) is 5.76 Å². The molecule has 210 valence electrons. The SMILES string of the molecule is COC(=O)[C@]12CCC(C)(C)C[C@H]1C1=CC[C@@H]3[C@@]4(C)C=C(OC(C)=O)C(=O)C(C)(C)[C@@H]4CC[C@@]3(C)[C@]1(C)CC2. The van der Waals surface area contributed by atoms with Crippen LogP contribution in [0.15, 0.2) is 23.5 Å². The predicted octanol–water partition coefficient (Wildman–Crippen LogP) is 7.20. The van der Waals surface area contributed by atoms with Crippen LogP contribution in [0.5, 0.6) is 0 Å². The van der Waals surface area contributed by atoms with Crippen molar-refractivity contribution in [2.75, 3.05) is 7.11 Å². The summed E-state index contributed by atoms with van der Waals surface area (Å²) >= 11 is 0. The van der Waals surface area contributed by atoms with Gasteiger partial charge in [-0.2, -0.15) is 0 Å². The van der Waals surface area contributed by atoms with Crippen molar-refractivity contribution < 1.29 is 23.9 Å². The van der Waals surface area contributed by atoms with Crippen molar-refractivity contribution in [3.63, 3.8) is 0 Å². The summed E-state index contributed by atoms with van der Waals surface area (Å²) in [5.41, 5.74) is 0.350. The molecule has 7 atom stereocenters. The summed E-state index contributed by atoms with van der Waals surface area (Å²) in [4.78, 5) is 38.8. The molecule has 5 aliphatic carbocycles. The van der Waals surface area contributed by atoms with Crippen LogP contribution in [0.1, 0.15) is 107 Å². The molecule has 0 aromatic carbocycles. The first-order valence-electron chi connectivity index (χ1n) is 14.7. The Morgan fingerprint density at radius 3 is 2.21 bits per heavy atom. The number of fused-ring (bicyclic) bond motifs is 7. The number of carbonyl (C=O) groups excluding carboxylic acids is 3. The minimum atomic E-state index is -0.597. The number of esters is 2. The highest BCUT2D eigenvalue weighted by Crippen LogP contribution is 2.75. The Hall–Kier alpha value is -1.91. The second-order valence-electron chi connectivity index (χ2n) is 15.4. The zero-order valence-electron chi connectivity index (χ0n) is 25.1. The molecular formula is C33H48O5. The molecule has 0 N–H and O–H groups in total. The van der Waals surface area contributed by atoms with Crippen molar-refractivity contribution in [3.8, 4) is 0 Å². The smallest absolute Gasteiger partial charge is 0.312 e. The molecule has 0 amide bonds. The lowest BCUT2D eigenvalue weighted by molar-refractivity contribution is -0.178. The van der Waals surface area contributed by atoms with Crippen molar-refractivity contribution in [2.24, 2.45) is 50.2 Å². The molecule has 0 heterocycles. The van der Waals surface area contributed by atoms with Crippen LogP contribution in [0.25, 0.3) is 0 Å². The maximum Gasteiger partial charge on any atom is 0.312 e. The Balaban J connectivity index is 1.64. The first-order chi connectivity index (χ1) is 17.5. The van der Waals surface area contributed by atoms with E-state index in [1.165, 1.54) is 12.5 Å². The number of ketones is 1. The third-order valence-electron chi connectivity index (χ3n) is 12.8. The molecule has 0 saturated heterocycles. The van der Waals surface area contributed by atoms with Gasteiger partial charge in [0.05, 0.1) is 12.5 Å². The molecule has 0 aromatic heterocycles. The monoisotopic (exact) mass is 524 g/mol. The summed E-state index contributed by atoms with van der Waals surface area (Å²) in [6, 6.07) is 0. The van der Waals surface area contributed by atoms with E-state index in [-0.39, 0.29) is 51.0 Å². The lowest BCUT2D eigenvalue weighted by Crippen LogP contribution is -2.64. The summed E-state index contributed by atoms with van der Waals surface area (Å²) < 4.78 is 11.0. The van der Waals surface area contributed by atoms with Gasteiger partial charge in [-0.05, 0) is 96.9 Å². The molecule has 38 heavy (non-hydrogen) atoms. The van der Waals surface area contributed by atoms with E-state index in [0.29, 0.717) is 5.92 Å². The van der Waals surface area contributed by atoms with Crippen LogP contribution in [-0.4, -0.2) is 24.8 Å². The average Bonchev–Trinajstić information content (AvgIpc) is 2.81. The Labute approximate surface area is 229 Å². The number of methoxy groups -OCH3 is 1. The van der Waals surface area contributed by atoms with Gasteiger partial charge in [-0.1, -0.05) is 60.1 Å². The molecule has 3 fully saturated rings. The largest absolute Gasteiger partial charge is 0.469 e. The number of rotatable bonds is 2. The van der Waals surface area contributed by atoms with Crippen molar-refractivity contribution in [1.82, 2.24) is 0 Å². The highest BCUT2D eigenvalue weighted by molar-refractivity contribution is 6.00. The van der Waals surface area contributed by atoms with Crippen LogP contribution < -0.4 is 0 Å². The zero-order valence-corrected chi connectivity index (χ0v) is 25.1. The second-order valence-corrected chi connectivity index (χ2v) is 15.4. The van der Waals surface area contributed by atoms with Crippen LogP contribution in [0.3, 0.4) is 0 Å². The zero-order chi connectivity index (χ0) is 28.1. The number of allylic oxidation sites excluding steroid dienone is 4. The summed E-state index contributed by atoms with van der Waals surface area (Å²) in [5, 5.41) is 0. The molecule has 0 unspecified atom stereocenters. The molecule has 3 saturated carbocycles. The fourth-order valence-corrected chi connectivity index (χ4v) is 10.5. The Morgan fingerprint density at radius 2 is 1.58 bits per heavy atom. The Morgan fingerprint density at radius 1 is 0.921 bits per heavy atom. The number of hydrogen-bond donors (Lipinski definition) is 0. The minimum Gasteiger partial charge on any atom is -0.469 e. The lowest BCUT2D eigenvalue weighted by Gasteiger charge is -2.69. The topological polar surface area (TPSA) is 69.7 Å². The number of ether oxygens (including phenoxy) is 2. The van der Waals surface area contributed by atoms with Crippen molar-refractivity contribution in [1.29, 1.82) is 0 Å². The third kappa shape index (κ3) is 3.45. The molecule has 5 aliphatic rings. The van der Waals surface area contributed by atoms with E-state index in [9.17, 15) is 14.4 Å². The molecule has 0 spiro atoms. The van der Waals surface area contributed by atoms with E-state index in [2.05, 4.69) is 40.7 Å². The van der Waals surface area contributed by atoms with E-state index in [1.54, 1.807) is 7.11 Å². The molecule has 5 rings (SSSR count). The van der Waals surface area contributed by atoms with Crippen LogP contribution in [0.4, 0.5) is 0 Å². The first kappa shape index (κ1) is 27.6. The van der Waals surface area contributed by atoms with E-state index in [1.807, 2.05) is 19.9 Å². The van der Waals surface area contributed by atoms with Crippen LogP contribution in [0, 0.1) is 50.2 Å².